The van der Waals surface area contributed by atoms with Gasteiger partial charge in [0.15, 0.2) is 0 Å². The molecule has 13 N–H and O–H groups in total. The Morgan fingerprint density at radius 3 is 1.58 bits per heavy atom. The molecule has 1 aromatic heterocycles. The molecule has 1 aromatic rings. The molecule has 4 atom stereocenters. The smallest absolute Gasteiger partial charge is 0.394 e. The zero-order valence-corrected chi connectivity index (χ0v) is 19.2. The van der Waals surface area contributed by atoms with Crippen LogP contribution < -0.4 is 11.2 Å². The van der Waals surface area contributed by atoms with Crippen LogP contribution in [0.2, 0.25) is 0 Å². The van der Waals surface area contributed by atoms with Gasteiger partial charge in [0.1, 0.15) is 18.3 Å². The van der Waals surface area contributed by atoms with Crippen LogP contribution in [0.1, 0.15) is 0 Å². The van der Waals surface area contributed by atoms with Crippen LogP contribution in [0, 0.1) is 0 Å². The van der Waals surface area contributed by atoms with Crippen molar-refractivity contribution in [3.8, 4) is 0 Å². The second-order valence-electron chi connectivity index (χ2n) is 5.45. The molecule has 1 fully saturated rings. The number of nitrogens with one attached hydrogen (secondary N) is 1. The van der Waals surface area contributed by atoms with Crippen LogP contribution in [-0.2, 0) is 23.5 Å². The molecule has 0 saturated carbocycles. The summed E-state index contributed by atoms with van der Waals surface area (Å²) < 4.78 is 32.7. The van der Waals surface area contributed by atoms with E-state index in [1.807, 2.05) is 4.98 Å². The first-order valence-corrected chi connectivity index (χ1v) is 12.6. The molecule has 196 valence electrons. The van der Waals surface area contributed by atoms with Crippen LogP contribution >= 0.6 is 36.1 Å². The highest BCUT2D eigenvalue weighted by Gasteiger charge is 2.53. The number of hydrogen-bond acceptors (Lipinski definition) is 10. The third-order valence-electron chi connectivity index (χ3n) is 2.76. The Bertz CT molecular complexity index is 922. The highest BCUT2D eigenvalue weighted by Crippen LogP contribution is 2.37. The van der Waals surface area contributed by atoms with E-state index in [-0.39, 0.29) is 0 Å². The summed E-state index contributed by atoms with van der Waals surface area (Å²) in [6, 6.07) is 1.05. The lowest BCUT2D eigenvalue weighted by atomic mass is 10.1. The van der Waals surface area contributed by atoms with Gasteiger partial charge in [-0.15, -0.1) is 12.6 Å². The van der Waals surface area contributed by atoms with E-state index in [0.29, 0.717) is 0 Å². The van der Waals surface area contributed by atoms with Gasteiger partial charge >= 0.3 is 29.2 Å². The number of aliphatic hydroxyl groups excluding tert-OH is 3. The van der Waals surface area contributed by atoms with Gasteiger partial charge in [0.05, 0.1) is 6.61 Å². The molecular formula is C9H21N2O18P3S. The van der Waals surface area contributed by atoms with E-state index >= 15 is 0 Å². The van der Waals surface area contributed by atoms with Gasteiger partial charge in [0.2, 0.25) is 5.06 Å². The van der Waals surface area contributed by atoms with Crippen molar-refractivity contribution in [2.24, 2.45) is 0 Å². The third kappa shape index (κ3) is 17.3. The van der Waals surface area contributed by atoms with Crippen LogP contribution in [0.3, 0.4) is 0 Å². The Morgan fingerprint density at radius 1 is 0.939 bits per heavy atom. The van der Waals surface area contributed by atoms with E-state index in [1.165, 1.54) is 0 Å². The van der Waals surface area contributed by atoms with Crippen LogP contribution in [0.25, 0.3) is 0 Å². The Hall–Kier alpha value is -0.800. The molecule has 2 heterocycles. The van der Waals surface area contributed by atoms with Gasteiger partial charge in [-0.25, -0.2) is 18.5 Å². The molecule has 1 aliphatic heterocycles. The van der Waals surface area contributed by atoms with Gasteiger partial charge in [-0.1, -0.05) is 0 Å². The van der Waals surface area contributed by atoms with Crippen molar-refractivity contribution in [3.05, 3.63) is 33.1 Å². The first-order valence-electron chi connectivity index (χ1n) is 7.44. The summed E-state index contributed by atoms with van der Waals surface area (Å²) in [6.45, 7) is -0.543. The van der Waals surface area contributed by atoms with Crippen LogP contribution in [0.4, 0.5) is 0 Å². The quantitative estimate of drug-likeness (QED) is 0.116. The predicted octanol–water partition coefficient (Wildman–Crippen LogP) is -5.60. The average Bonchev–Trinajstić information content (AvgIpc) is 2.74. The van der Waals surface area contributed by atoms with E-state index in [2.05, 4.69) is 12.6 Å². The van der Waals surface area contributed by atoms with E-state index in [0.717, 1.165) is 16.8 Å². The van der Waals surface area contributed by atoms with Crippen molar-refractivity contribution >= 4 is 36.1 Å². The van der Waals surface area contributed by atoms with Gasteiger partial charge in [-0.05, 0) is 0 Å². The second kappa shape index (κ2) is 13.3. The fourth-order valence-electron chi connectivity index (χ4n) is 1.80. The lowest BCUT2D eigenvalue weighted by Gasteiger charge is -2.28. The molecule has 0 aliphatic carbocycles. The van der Waals surface area contributed by atoms with Crippen molar-refractivity contribution in [2.45, 2.75) is 23.4 Å². The van der Waals surface area contributed by atoms with Crippen LogP contribution in [0.5, 0.6) is 0 Å². The number of phosphoric acid groups is 3. The summed E-state index contributed by atoms with van der Waals surface area (Å²) in [5.74, 6) is 0. The van der Waals surface area contributed by atoms with E-state index in [9.17, 15) is 19.8 Å². The van der Waals surface area contributed by atoms with Crippen LogP contribution in [-0.4, -0.2) is 93.8 Å². The molecule has 24 heteroatoms. The number of aliphatic hydroxyl groups is 3. The molecule has 0 unspecified atom stereocenters. The first kappa shape index (κ1) is 34.4. The topological polar surface area (TPSA) is 358 Å². The number of aromatic nitrogens is 2. The standard InChI is InChI=1S/C9H12N2O6S.3H3O4P/c12-3-4-6(14)7(15)9(18,17-4)11-2-1-5(13)10-8(11)16;3*1-5(2,3)4/h1-2,4,6-7,12,14-15,18H,3H2,(H,10,13,16);3*(H3,1,2,3,4)/t4-,6-,7-,9+;;;/m1.../s1. The maximum atomic E-state index is 11.6. The number of ether oxygens (including phenoxy) is 1. The number of thiol groups is 1. The zero-order chi connectivity index (χ0) is 27.0. The van der Waals surface area contributed by atoms with Gasteiger partial charge in [0, 0.05) is 12.3 Å². The number of hydrogen-bond donors (Lipinski definition) is 14. The Balaban J connectivity index is 0. The molecule has 2 rings (SSSR count). The van der Waals surface area contributed by atoms with Gasteiger partial charge in [-0.3, -0.25) is 14.3 Å². The fraction of sp³-hybridized carbons (Fsp3) is 0.556. The molecule has 0 spiro atoms. The van der Waals surface area contributed by atoms with Crippen molar-refractivity contribution in [1.29, 1.82) is 0 Å². The summed E-state index contributed by atoms with van der Waals surface area (Å²) in [4.78, 5) is 89.2. The van der Waals surface area contributed by atoms with Crippen molar-refractivity contribution in [3.63, 3.8) is 0 Å². The summed E-state index contributed by atoms with van der Waals surface area (Å²) in [6.07, 6.45) is -2.92. The molecule has 1 saturated heterocycles. The normalized spacial score (nSPS) is 24.9. The molecule has 33 heavy (non-hydrogen) atoms. The third-order valence-corrected chi connectivity index (χ3v) is 3.35. The summed E-state index contributed by atoms with van der Waals surface area (Å²) in [7, 11) is -13.9. The lowest BCUT2D eigenvalue weighted by Crippen LogP contribution is -2.47. The highest BCUT2D eigenvalue weighted by atomic mass is 32.1. The maximum absolute atomic E-state index is 11.6. The molecule has 0 amide bonds. The number of rotatable bonds is 2. The number of H-pyrrole nitrogens is 1. The lowest BCUT2D eigenvalue weighted by molar-refractivity contribution is -0.0805. The van der Waals surface area contributed by atoms with Gasteiger partial charge in [0.25, 0.3) is 5.56 Å². The molecule has 20 nitrogen and oxygen atoms in total. The minimum absolute atomic E-state index is 0.543. The highest BCUT2D eigenvalue weighted by molar-refractivity contribution is 7.81. The Morgan fingerprint density at radius 2 is 1.30 bits per heavy atom. The minimum atomic E-state index is -4.64. The molecule has 0 bridgehead atoms. The van der Waals surface area contributed by atoms with Crippen LogP contribution in [0.15, 0.2) is 21.9 Å². The summed E-state index contributed by atoms with van der Waals surface area (Å²) >= 11 is 4.04. The van der Waals surface area contributed by atoms with E-state index in [4.69, 9.17) is 67.6 Å². The first-order chi connectivity index (χ1) is 14.4. The zero-order valence-electron chi connectivity index (χ0n) is 15.6. The summed E-state index contributed by atoms with van der Waals surface area (Å²) in [5.41, 5.74) is -1.46. The molecule has 0 radical (unpaired) electrons. The van der Waals surface area contributed by atoms with Crippen molar-refractivity contribution < 1.29 is 77.8 Å². The molecule has 1 aliphatic rings. The Kier molecular flexibility index (Phi) is 13.9. The molecular weight excluding hydrogens is 549 g/mol. The summed E-state index contributed by atoms with van der Waals surface area (Å²) in [5, 5.41) is 26.6. The number of nitrogens with zero attached hydrogens (tertiary/aromatic N) is 1. The second-order valence-corrected chi connectivity index (χ2v) is 9.17. The predicted molar refractivity (Wildman–Crippen MR) is 105 cm³/mol. The molecule has 0 aromatic carbocycles. The van der Waals surface area contributed by atoms with Gasteiger partial charge in [-0.2, -0.15) is 0 Å². The average molecular weight is 570 g/mol. The Labute approximate surface area is 187 Å². The number of aromatic amines is 1. The maximum Gasteiger partial charge on any atom is 0.466 e. The van der Waals surface area contributed by atoms with Crippen molar-refractivity contribution in [2.75, 3.05) is 6.61 Å². The van der Waals surface area contributed by atoms with E-state index in [1.54, 1.807) is 0 Å². The monoisotopic (exact) mass is 570 g/mol. The van der Waals surface area contributed by atoms with Crippen molar-refractivity contribution in [1.82, 2.24) is 9.55 Å². The SMILES string of the molecule is O=P(O)(O)O.O=P(O)(O)O.O=P(O)(O)O.O=c1ccn([C@]2(S)O[C@H](CO)[C@@H](O)[C@H]2O)c(=O)[nH]1. The van der Waals surface area contributed by atoms with E-state index < -0.39 is 64.7 Å². The fourth-order valence-corrected chi connectivity index (χ4v) is 2.25. The van der Waals surface area contributed by atoms with Gasteiger partial charge < -0.3 is 64.1 Å². The minimum Gasteiger partial charge on any atom is -0.394 e. The largest absolute Gasteiger partial charge is 0.466 e.